The number of carbonyl (C=O) groups excluding carboxylic acids is 2. The molecule has 8 heteroatoms. The minimum Gasteiger partial charge on any atom is -0.350 e. The highest BCUT2D eigenvalue weighted by molar-refractivity contribution is 5.93. The van der Waals surface area contributed by atoms with E-state index in [1.807, 2.05) is 13.8 Å². The molecule has 2 N–H and O–H groups in total. The van der Waals surface area contributed by atoms with Gasteiger partial charge in [-0.15, -0.1) is 0 Å². The van der Waals surface area contributed by atoms with Gasteiger partial charge in [0, 0.05) is 38.4 Å². The van der Waals surface area contributed by atoms with Crippen LogP contribution in [0.3, 0.4) is 0 Å². The molecule has 1 aromatic carbocycles. The van der Waals surface area contributed by atoms with E-state index in [0.717, 1.165) is 29.9 Å². The second kappa shape index (κ2) is 9.07. The highest BCUT2D eigenvalue weighted by Crippen LogP contribution is 2.27. The number of amides is 3. The second-order valence-corrected chi connectivity index (χ2v) is 7.37. The smallest absolute Gasteiger partial charge is 0.317 e. The van der Waals surface area contributed by atoms with Gasteiger partial charge in [0.05, 0.1) is 0 Å². The highest BCUT2D eigenvalue weighted by Gasteiger charge is 2.27. The van der Waals surface area contributed by atoms with Gasteiger partial charge in [0.25, 0.3) is 5.91 Å². The number of carbonyl (C=O) groups is 2. The quantitative estimate of drug-likeness (QED) is 0.808. The number of aromatic nitrogens is 2. The molecule has 7 nitrogen and oxygen atoms in total. The van der Waals surface area contributed by atoms with Crippen LogP contribution >= 0.6 is 0 Å². The Hall–Kier alpha value is -2.90. The van der Waals surface area contributed by atoms with Crippen LogP contribution in [0.25, 0.3) is 0 Å². The molecule has 1 saturated heterocycles. The molecule has 0 bridgehead atoms. The molecule has 0 radical (unpaired) electrons. The van der Waals surface area contributed by atoms with Gasteiger partial charge in [-0.25, -0.2) is 14.2 Å². The number of likely N-dealkylation sites (tertiary alicyclic amines) is 1. The van der Waals surface area contributed by atoms with Crippen LogP contribution in [0.15, 0.2) is 24.3 Å². The Bertz CT molecular complexity index is 870. The molecular weight excluding hydrogens is 373 g/mol. The summed E-state index contributed by atoms with van der Waals surface area (Å²) in [6.45, 7) is 5.65. The fourth-order valence-electron chi connectivity index (χ4n) is 3.95. The first-order valence-electron chi connectivity index (χ1n) is 9.95. The number of imidazole rings is 1. The van der Waals surface area contributed by atoms with Gasteiger partial charge in [-0.2, -0.15) is 0 Å². The number of benzene rings is 1. The minimum atomic E-state index is -0.268. The SMILES string of the molecule is CNC(=O)N1CCC(n2c(C)nc(C(=O)NCCc3ccc(F)cc3)c2C)CC1. The summed E-state index contributed by atoms with van der Waals surface area (Å²) in [7, 11) is 1.64. The van der Waals surface area contributed by atoms with Gasteiger partial charge < -0.3 is 20.1 Å². The van der Waals surface area contributed by atoms with E-state index in [0.29, 0.717) is 31.7 Å². The Morgan fingerprint density at radius 3 is 2.45 bits per heavy atom. The first-order valence-corrected chi connectivity index (χ1v) is 9.95. The second-order valence-electron chi connectivity index (χ2n) is 7.37. The Kier molecular flexibility index (Phi) is 6.51. The van der Waals surface area contributed by atoms with Gasteiger partial charge in [-0.1, -0.05) is 12.1 Å². The fourth-order valence-corrected chi connectivity index (χ4v) is 3.95. The summed E-state index contributed by atoms with van der Waals surface area (Å²) in [5.41, 5.74) is 2.25. The molecule has 156 valence electrons. The third-order valence-electron chi connectivity index (χ3n) is 5.48. The van der Waals surface area contributed by atoms with Gasteiger partial charge in [-0.05, 0) is 50.8 Å². The molecule has 2 heterocycles. The first-order chi connectivity index (χ1) is 13.9. The third-order valence-corrected chi connectivity index (χ3v) is 5.48. The predicted octanol–water partition coefficient (Wildman–Crippen LogP) is 2.59. The average Bonchev–Trinajstić information content (AvgIpc) is 3.03. The van der Waals surface area contributed by atoms with Crippen LogP contribution in [0.5, 0.6) is 0 Å². The number of aryl methyl sites for hydroxylation is 1. The lowest BCUT2D eigenvalue weighted by molar-refractivity contribution is 0.0948. The topological polar surface area (TPSA) is 79.3 Å². The van der Waals surface area contributed by atoms with E-state index >= 15 is 0 Å². The summed E-state index contributed by atoms with van der Waals surface area (Å²) in [5.74, 6) is 0.342. The van der Waals surface area contributed by atoms with Crippen LogP contribution in [0.2, 0.25) is 0 Å². The van der Waals surface area contributed by atoms with Crippen LogP contribution < -0.4 is 10.6 Å². The Morgan fingerprint density at radius 1 is 1.17 bits per heavy atom. The summed E-state index contributed by atoms with van der Waals surface area (Å²) in [4.78, 5) is 30.7. The number of rotatable bonds is 5. The Morgan fingerprint density at radius 2 is 1.83 bits per heavy atom. The van der Waals surface area contributed by atoms with Crippen molar-refractivity contribution in [1.82, 2.24) is 25.1 Å². The van der Waals surface area contributed by atoms with Gasteiger partial charge in [0.1, 0.15) is 17.3 Å². The largest absolute Gasteiger partial charge is 0.350 e. The van der Waals surface area contributed by atoms with Crippen LogP contribution in [0.1, 0.15) is 46.5 Å². The molecule has 29 heavy (non-hydrogen) atoms. The van der Waals surface area contributed by atoms with E-state index in [-0.39, 0.29) is 23.8 Å². The standard InChI is InChI=1S/C21H28FN5O2/c1-14-19(20(28)24-11-8-16-4-6-17(22)7-5-16)25-15(2)27(14)18-9-12-26(13-10-18)21(29)23-3/h4-7,18H,8-13H2,1-3H3,(H,23,29)(H,24,28). The molecule has 0 saturated carbocycles. The zero-order valence-electron chi connectivity index (χ0n) is 17.2. The molecule has 0 aliphatic carbocycles. The highest BCUT2D eigenvalue weighted by atomic mass is 19.1. The average molecular weight is 401 g/mol. The van der Waals surface area contributed by atoms with Crippen molar-refractivity contribution in [3.05, 3.63) is 52.9 Å². The Labute approximate surface area is 170 Å². The lowest BCUT2D eigenvalue weighted by Gasteiger charge is -2.33. The summed E-state index contributed by atoms with van der Waals surface area (Å²) in [5, 5.41) is 5.57. The van der Waals surface area contributed by atoms with Gasteiger partial charge >= 0.3 is 6.03 Å². The van der Waals surface area contributed by atoms with Crippen molar-refractivity contribution in [2.45, 2.75) is 39.2 Å². The van der Waals surface area contributed by atoms with Crippen molar-refractivity contribution in [3.8, 4) is 0 Å². The van der Waals surface area contributed by atoms with Crippen LogP contribution in [-0.2, 0) is 6.42 Å². The van der Waals surface area contributed by atoms with Crippen LogP contribution in [0, 0.1) is 19.7 Å². The van der Waals surface area contributed by atoms with E-state index in [2.05, 4.69) is 20.2 Å². The monoisotopic (exact) mass is 401 g/mol. The fraction of sp³-hybridized carbons (Fsp3) is 0.476. The molecule has 3 rings (SSSR count). The lowest BCUT2D eigenvalue weighted by Crippen LogP contribution is -2.43. The van der Waals surface area contributed by atoms with Gasteiger partial charge in [0.2, 0.25) is 0 Å². The van der Waals surface area contributed by atoms with E-state index in [1.54, 1.807) is 24.1 Å². The number of hydrogen-bond donors (Lipinski definition) is 2. The normalized spacial score (nSPS) is 14.7. The van der Waals surface area contributed by atoms with E-state index < -0.39 is 0 Å². The molecule has 0 spiro atoms. The number of hydrogen-bond acceptors (Lipinski definition) is 3. The van der Waals surface area contributed by atoms with Crippen molar-refractivity contribution >= 4 is 11.9 Å². The molecule has 1 aromatic heterocycles. The van der Waals surface area contributed by atoms with Crippen molar-refractivity contribution in [1.29, 1.82) is 0 Å². The van der Waals surface area contributed by atoms with Crippen LogP contribution in [0.4, 0.5) is 9.18 Å². The molecule has 0 atom stereocenters. The molecule has 1 aliphatic rings. The number of piperidine rings is 1. The zero-order chi connectivity index (χ0) is 21.0. The summed E-state index contributed by atoms with van der Waals surface area (Å²) < 4.78 is 15.1. The first kappa shape index (κ1) is 20.8. The minimum absolute atomic E-state index is 0.0521. The number of halogens is 1. The van der Waals surface area contributed by atoms with Crippen molar-refractivity contribution in [2.24, 2.45) is 0 Å². The predicted molar refractivity (Wildman–Crippen MR) is 108 cm³/mol. The Balaban J connectivity index is 1.60. The van der Waals surface area contributed by atoms with Crippen molar-refractivity contribution < 1.29 is 14.0 Å². The zero-order valence-corrected chi connectivity index (χ0v) is 17.2. The maximum absolute atomic E-state index is 13.0. The maximum Gasteiger partial charge on any atom is 0.317 e. The number of nitrogens with zero attached hydrogens (tertiary/aromatic N) is 3. The third kappa shape index (κ3) is 4.75. The van der Waals surface area contributed by atoms with Gasteiger partial charge in [0.15, 0.2) is 0 Å². The number of nitrogens with one attached hydrogen (secondary N) is 2. The summed E-state index contributed by atoms with van der Waals surface area (Å²) in [6, 6.07) is 6.45. The van der Waals surface area contributed by atoms with Gasteiger partial charge in [-0.3, -0.25) is 4.79 Å². The van der Waals surface area contributed by atoms with E-state index in [1.165, 1.54) is 12.1 Å². The molecule has 2 aromatic rings. The lowest BCUT2D eigenvalue weighted by atomic mass is 10.0. The van der Waals surface area contributed by atoms with Crippen LogP contribution in [-0.4, -0.2) is 53.1 Å². The molecule has 0 unspecified atom stereocenters. The molecule has 1 fully saturated rings. The molecule has 3 amide bonds. The summed E-state index contributed by atoms with van der Waals surface area (Å²) >= 11 is 0. The molecule has 1 aliphatic heterocycles. The van der Waals surface area contributed by atoms with E-state index in [4.69, 9.17) is 0 Å². The van der Waals surface area contributed by atoms with Crippen molar-refractivity contribution in [3.63, 3.8) is 0 Å². The van der Waals surface area contributed by atoms with Crippen molar-refractivity contribution in [2.75, 3.05) is 26.7 Å². The summed E-state index contributed by atoms with van der Waals surface area (Å²) in [6.07, 6.45) is 2.29. The number of urea groups is 1. The van der Waals surface area contributed by atoms with E-state index in [9.17, 15) is 14.0 Å². The maximum atomic E-state index is 13.0. The molecular formula is C21H28FN5O2.